The van der Waals surface area contributed by atoms with E-state index in [1.54, 1.807) is 23.3 Å². The van der Waals surface area contributed by atoms with Crippen LogP contribution in [0, 0.1) is 13.8 Å². The number of amides is 2. The second kappa shape index (κ2) is 12.1. The Labute approximate surface area is 271 Å². The average Bonchev–Trinajstić information content (AvgIpc) is 3.00. The molecule has 4 heterocycles. The zero-order chi connectivity index (χ0) is 33.8. The van der Waals surface area contributed by atoms with E-state index < -0.39 is 23.6 Å². The maximum Gasteiger partial charge on any atom is 0.416 e. The molecule has 246 valence electrons. The van der Waals surface area contributed by atoms with Crippen molar-refractivity contribution >= 4 is 46.0 Å². The van der Waals surface area contributed by atoms with Crippen molar-refractivity contribution in [1.29, 1.82) is 0 Å². The summed E-state index contributed by atoms with van der Waals surface area (Å²) in [5.74, 6) is -1.29. The third-order valence-corrected chi connectivity index (χ3v) is 9.02. The van der Waals surface area contributed by atoms with E-state index in [1.807, 2.05) is 11.8 Å². The summed E-state index contributed by atoms with van der Waals surface area (Å²) in [4.78, 5) is 61.5. The number of pyridine rings is 1. The minimum Gasteiger partial charge on any atom is -0.504 e. The summed E-state index contributed by atoms with van der Waals surface area (Å²) in [5.41, 5.74) is 0.512. The van der Waals surface area contributed by atoms with Crippen molar-refractivity contribution in [3.05, 3.63) is 74.3 Å². The number of aromatic hydroxyl groups is 1. The molecule has 1 saturated heterocycles. The maximum atomic E-state index is 14.1. The van der Waals surface area contributed by atoms with E-state index in [9.17, 15) is 32.7 Å². The van der Waals surface area contributed by atoms with Crippen LogP contribution >= 0.6 is 11.6 Å². The Bertz CT molecular complexity index is 1990. The number of aromatic nitrogens is 5. The van der Waals surface area contributed by atoms with Gasteiger partial charge in [-0.05, 0) is 51.3 Å². The molecule has 4 aromatic rings. The monoisotopic (exact) mass is 670 g/mol. The van der Waals surface area contributed by atoms with E-state index in [2.05, 4.69) is 25.3 Å². The van der Waals surface area contributed by atoms with Crippen LogP contribution in [0.15, 0.2) is 35.5 Å². The lowest BCUT2D eigenvalue weighted by atomic mass is 9.81. The molecular formula is C31H30ClF3N8O4. The molecule has 16 heteroatoms. The van der Waals surface area contributed by atoms with Crippen molar-refractivity contribution in [3.8, 4) is 5.75 Å². The summed E-state index contributed by atoms with van der Waals surface area (Å²) in [6.45, 7) is 5.32. The molecule has 2 N–H and O–H groups in total. The lowest BCUT2D eigenvalue weighted by molar-refractivity contribution is -0.137. The van der Waals surface area contributed by atoms with E-state index in [-0.39, 0.29) is 76.2 Å². The van der Waals surface area contributed by atoms with Gasteiger partial charge in [0.2, 0.25) is 11.3 Å². The number of aryl methyl sites for hydroxylation is 2. The van der Waals surface area contributed by atoms with Gasteiger partial charge in [0.15, 0.2) is 22.6 Å². The first-order chi connectivity index (χ1) is 22.3. The van der Waals surface area contributed by atoms with Gasteiger partial charge in [-0.1, -0.05) is 18.5 Å². The molecule has 6 rings (SSSR count). The molecule has 2 atom stereocenters. The zero-order valence-corrected chi connectivity index (χ0v) is 26.4. The smallest absolute Gasteiger partial charge is 0.416 e. The molecule has 47 heavy (non-hydrogen) atoms. The first kappa shape index (κ1) is 32.2. The lowest BCUT2D eigenvalue weighted by Crippen LogP contribution is -2.67. The van der Waals surface area contributed by atoms with Gasteiger partial charge in [-0.15, -0.1) is 0 Å². The minimum atomic E-state index is -4.60. The van der Waals surface area contributed by atoms with Gasteiger partial charge in [0.05, 0.1) is 39.9 Å². The molecule has 1 aliphatic heterocycles. The molecule has 2 fully saturated rings. The van der Waals surface area contributed by atoms with Gasteiger partial charge in [-0.2, -0.15) is 13.2 Å². The highest BCUT2D eigenvalue weighted by atomic mass is 35.5. The molecule has 1 aromatic carbocycles. The van der Waals surface area contributed by atoms with Crippen LogP contribution < -0.4 is 15.6 Å². The van der Waals surface area contributed by atoms with Crippen LogP contribution in [-0.2, 0) is 23.9 Å². The topological polar surface area (TPSA) is 146 Å². The normalized spacial score (nSPS) is 17.8. The molecule has 0 radical (unpaired) electrons. The van der Waals surface area contributed by atoms with Crippen LogP contribution in [-0.4, -0.2) is 71.5 Å². The average molecular weight is 671 g/mol. The number of anilines is 2. The first-order valence-electron chi connectivity index (χ1n) is 14.9. The fourth-order valence-corrected chi connectivity index (χ4v) is 6.53. The largest absolute Gasteiger partial charge is 0.504 e. The van der Waals surface area contributed by atoms with Crippen LogP contribution in [0.25, 0.3) is 11.2 Å². The van der Waals surface area contributed by atoms with Gasteiger partial charge in [-0.25, -0.2) is 19.9 Å². The van der Waals surface area contributed by atoms with Crippen LogP contribution in [0.1, 0.15) is 52.9 Å². The van der Waals surface area contributed by atoms with Gasteiger partial charge >= 0.3 is 6.18 Å². The number of hydrogen-bond donors (Lipinski definition) is 2. The summed E-state index contributed by atoms with van der Waals surface area (Å²) < 4.78 is 41.0. The summed E-state index contributed by atoms with van der Waals surface area (Å²) in [7, 11) is 0. The number of nitrogens with one attached hydrogen (secondary N) is 1. The van der Waals surface area contributed by atoms with E-state index >= 15 is 0 Å². The van der Waals surface area contributed by atoms with E-state index in [4.69, 9.17) is 11.6 Å². The molecule has 1 saturated carbocycles. The molecule has 1 aliphatic carbocycles. The quantitative estimate of drug-likeness (QED) is 0.307. The number of hydrogen-bond acceptors (Lipinski definition) is 9. The Morgan fingerprint density at radius 3 is 2.51 bits per heavy atom. The highest BCUT2D eigenvalue weighted by Crippen LogP contribution is 2.39. The van der Waals surface area contributed by atoms with Crippen molar-refractivity contribution < 1.29 is 27.9 Å². The van der Waals surface area contributed by atoms with Crippen LogP contribution in [0.5, 0.6) is 5.75 Å². The summed E-state index contributed by atoms with van der Waals surface area (Å²) in [6.07, 6.45) is -0.189. The lowest BCUT2D eigenvalue weighted by Gasteiger charge is -2.54. The zero-order valence-electron chi connectivity index (χ0n) is 25.6. The molecule has 0 spiro atoms. The highest BCUT2D eigenvalue weighted by molar-refractivity contribution is 6.33. The third kappa shape index (κ3) is 5.72. The first-order valence-corrected chi connectivity index (χ1v) is 15.3. The van der Waals surface area contributed by atoms with E-state index in [0.717, 1.165) is 18.2 Å². The van der Waals surface area contributed by atoms with Gasteiger partial charge in [0.1, 0.15) is 18.6 Å². The second-order valence-corrected chi connectivity index (χ2v) is 12.0. The number of rotatable bonds is 6. The van der Waals surface area contributed by atoms with Crippen molar-refractivity contribution in [2.24, 2.45) is 0 Å². The van der Waals surface area contributed by atoms with Gasteiger partial charge in [0, 0.05) is 24.8 Å². The number of nitrogens with zero attached hydrogens (tertiary/aromatic N) is 7. The van der Waals surface area contributed by atoms with Crippen molar-refractivity contribution in [1.82, 2.24) is 29.4 Å². The maximum absolute atomic E-state index is 14.1. The van der Waals surface area contributed by atoms with Gasteiger partial charge < -0.3 is 24.8 Å². The third-order valence-electron chi connectivity index (χ3n) is 8.71. The Kier molecular flexibility index (Phi) is 8.28. The molecule has 2 aliphatic rings. The summed E-state index contributed by atoms with van der Waals surface area (Å²) in [5, 5.41) is 12.8. The SMILES string of the molecule is CCc1c(N2CCN(C(=O)c3ncnc(C)c3O)[C@H]3CC[C@@H]32)c(=O)c2nc(C)cnc2n1CC(=O)Nc1ccc(C(F)(F)F)cc1Cl. The highest BCUT2D eigenvalue weighted by Gasteiger charge is 2.47. The number of halogens is 4. The number of alkyl halides is 3. The van der Waals surface area contributed by atoms with Crippen LogP contribution in [0.3, 0.4) is 0 Å². The molecule has 0 unspecified atom stereocenters. The fourth-order valence-electron chi connectivity index (χ4n) is 6.30. The summed E-state index contributed by atoms with van der Waals surface area (Å²) in [6, 6.07) is 2.17. The van der Waals surface area contributed by atoms with Crippen LogP contribution in [0.2, 0.25) is 5.02 Å². The second-order valence-electron chi connectivity index (χ2n) is 11.5. The molecular weight excluding hydrogens is 641 g/mol. The van der Waals surface area contributed by atoms with Crippen molar-refractivity contribution in [2.45, 2.75) is 64.8 Å². The van der Waals surface area contributed by atoms with Gasteiger partial charge in [-0.3, -0.25) is 14.4 Å². The number of carbonyl (C=O) groups is 2. The van der Waals surface area contributed by atoms with Crippen molar-refractivity contribution in [3.63, 3.8) is 0 Å². The Morgan fingerprint density at radius 2 is 1.85 bits per heavy atom. The van der Waals surface area contributed by atoms with Crippen LogP contribution in [0.4, 0.5) is 24.5 Å². The molecule has 3 aromatic heterocycles. The molecule has 12 nitrogen and oxygen atoms in total. The number of piperazine rings is 1. The van der Waals surface area contributed by atoms with Crippen molar-refractivity contribution in [2.75, 3.05) is 23.3 Å². The van der Waals surface area contributed by atoms with E-state index in [1.165, 1.54) is 12.5 Å². The number of carbonyl (C=O) groups excluding carboxylic acids is 2. The molecule has 0 bridgehead atoms. The Balaban J connectivity index is 1.35. The van der Waals surface area contributed by atoms with E-state index in [0.29, 0.717) is 36.3 Å². The fraction of sp³-hybridized carbons (Fsp3) is 0.387. The predicted octanol–water partition coefficient (Wildman–Crippen LogP) is 4.27. The Morgan fingerprint density at radius 1 is 1.11 bits per heavy atom. The Hall–Kier alpha value is -4.79. The molecule has 2 amide bonds. The summed E-state index contributed by atoms with van der Waals surface area (Å²) >= 11 is 6.09. The minimum absolute atomic E-state index is 0.00163. The number of benzene rings is 1. The standard InChI is InChI=1S/C31H30ClF3N8O4/c1-4-20-26(41-9-10-42(22-8-7-21(22)41)30(47)25-27(45)16(3)37-14-38-25)28(46)24-29(36-12-15(2)39-24)43(20)13-23(44)40-19-6-5-17(11-18(19)32)31(33,34)35/h5-6,11-12,14,21-22,45H,4,7-10,13H2,1-3H3,(H,40,44)/t21-,22-/m0/s1. The number of fused-ring (bicyclic) bond motifs is 2. The van der Waals surface area contributed by atoms with Gasteiger partial charge in [0.25, 0.3) is 5.91 Å². The predicted molar refractivity (Wildman–Crippen MR) is 167 cm³/mol.